The highest BCUT2D eigenvalue weighted by Crippen LogP contribution is 2.33. The van der Waals surface area contributed by atoms with Crippen LogP contribution in [0.4, 0.5) is 14.5 Å². The molecule has 0 aliphatic rings. The number of para-hydroxylation sites is 1. The fraction of sp³-hybridized carbons (Fsp3) is 0.200. The van der Waals surface area contributed by atoms with E-state index in [9.17, 15) is 8.78 Å². The molecule has 0 unspecified atom stereocenters. The number of rotatable bonds is 5. The van der Waals surface area contributed by atoms with Crippen molar-refractivity contribution in [3.05, 3.63) is 56.5 Å². The molecule has 6 heteroatoms. The number of anilines is 1. The van der Waals surface area contributed by atoms with Crippen LogP contribution in [0, 0.1) is 11.6 Å². The smallest absolute Gasteiger partial charge is 0.149 e. The Morgan fingerprint density at radius 1 is 1.14 bits per heavy atom. The van der Waals surface area contributed by atoms with E-state index in [-0.39, 0.29) is 12.2 Å². The largest absolute Gasteiger partial charge is 0.492 e. The molecule has 0 heterocycles. The molecular weight excluding hydrogens is 408 g/mol. The van der Waals surface area contributed by atoms with Crippen molar-refractivity contribution < 1.29 is 13.5 Å². The summed E-state index contributed by atoms with van der Waals surface area (Å²) in [5.41, 5.74) is 0.650. The van der Waals surface area contributed by atoms with Gasteiger partial charge in [-0.25, -0.2) is 8.78 Å². The zero-order valence-corrected chi connectivity index (χ0v) is 14.4. The first kappa shape index (κ1) is 16.2. The lowest BCUT2D eigenvalue weighted by molar-refractivity contribution is 0.334. The molecule has 21 heavy (non-hydrogen) atoms. The normalized spacial score (nSPS) is 10.5. The van der Waals surface area contributed by atoms with E-state index in [1.165, 1.54) is 18.2 Å². The summed E-state index contributed by atoms with van der Waals surface area (Å²) < 4.78 is 34.4. The van der Waals surface area contributed by atoms with E-state index in [1.807, 2.05) is 19.1 Å². The van der Waals surface area contributed by atoms with Crippen LogP contribution in [0.15, 0.2) is 39.3 Å². The molecule has 0 spiro atoms. The molecule has 2 nitrogen and oxygen atoms in total. The molecule has 0 saturated heterocycles. The lowest BCUT2D eigenvalue weighted by Gasteiger charge is -2.15. The zero-order valence-electron chi connectivity index (χ0n) is 11.2. The molecule has 2 aromatic carbocycles. The molecule has 0 bridgehead atoms. The van der Waals surface area contributed by atoms with E-state index < -0.39 is 11.6 Å². The van der Waals surface area contributed by atoms with Crippen LogP contribution in [0.25, 0.3) is 0 Å². The standard InChI is InChI=1S/C15H13Br2F2NO/c1-2-21-15-9(6-10(16)7-11(15)17)8-20-14-12(18)4-3-5-13(14)19/h3-7,20H,2,8H2,1H3. The van der Waals surface area contributed by atoms with E-state index in [2.05, 4.69) is 37.2 Å². The van der Waals surface area contributed by atoms with Gasteiger partial charge in [0.2, 0.25) is 0 Å². The molecule has 112 valence electrons. The number of halogens is 4. The predicted molar refractivity (Wildman–Crippen MR) is 86.7 cm³/mol. The second-order valence-electron chi connectivity index (χ2n) is 4.26. The summed E-state index contributed by atoms with van der Waals surface area (Å²) in [7, 11) is 0. The zero-order chi connectivity index (χ0) is 15.4. The fourth-order valence-electron chi connectivity index (χ4n) is 1.90. The van der Waals surface area contributed by atoms with Gasteiger partial charge in [-0.3, -0.25) is 0 Å². The van der Waals surface area contributed by atoms with Gasteiger partial charge in [-0.2, -0.15) is 0 Å². The highest BCUT2D eigenvalue weighted by molar-refractivity contribution is 9.11. The Hall–Kier alpha value is -1.14. The van der Waals surface area contributed by atoms with Gasteiger partial charge >= 0.3 is 0 Å². The van der Waals surface area contributed by atoms with E-state index >= 15 is 0 Å². The highest BCUT2D eigenvalue weighted by Gasteiger charge is 2.12. The lowest BCUT2D eigenvalue weighted by atomic mass is 10.2. The van der Waals surface area contributed by atoms with Crippen molar-refractivity contribution in [2.24, 2.45) is 0 Å². The van der Waals surface area contributed by atoms with Gasteiger partial charge in [-0.05, 0) is 47.1 Å². The van der Waals surface area contributed by atoms with Crippen LogP contribution in [-0.4, -0.2) is 6.61 Å². The van der Waals surface area contributed by atoms with E-state index in [4.69, 9.17) is 4.74 Å². The van der Waals surface area contributed by atoms with E-state index in [0.29, 0.717) is 12.4 Å². The van der Waals surface area contributed by atoms with Gasteiger partial charge in [-0.1, -0.05) is 22.0 Å². The predicted octanol–water partition coefficient (Wildman–Crippen LogP) is 5.50. The topological polar surface area (TPSA) is 21.3 Å². The Morgan fingerprint density at radius 3 is 2.43 bits per heavy atom. The van der Waals surface area contributed by atoms with Gasteiger partial charge in [0.15, 0.2) is 0 Å². The molecule has 0 saturated carbocycles. The first-order valence-electron chi connectivity index (χ1n) is 6.31. The summed E-state index contributed by atoms with van der Waals surface area (Å²) in [6.07, 6.45) is 0. The number of hydrogen-bond acceptors (Lipinski definition) is 2. The van der Waals surface area contributed by atoms with Crippen LogP contribution in [0.1, 0.15) is 12.5 Å². The summed E-state index contributed by atoms with van der Waals surface area (Å²) in [6, 6.07) is 7.47. The lowest BCUT2D eigenvalue weighted by Crippen LogP contribution is -2.06. The third kappa shape index (κ3) is 3.95. The molecular formula is C15H13Br2F2NO. The van der Waals surface area contributed by atoms with Crippen molar-refractivity contribution in [2.45, 2.75) is 13.5 Å². The maximum Gasteiger partial charge on any atom is 0.149 e. The first-order valence-corrected chi connectivity index (χ1v) is 7.90. The molecule has 1 N–H and O–H groups in total. The molecule has 0 fully saturated rings. The number of nitrogens with one attached hydrogen (secondary N) is 1. The number of hydrogen-bond donors (Lipinski definition) is 1. The maximum atomic E-state index is 13.6. The number of benzene rings is 2. The minimum absolute atomic E-state index is 0.143. The fourth-order valence-corrected chi connectivity index (χ4v) is 3.33. The van der Waals surface area contributed by atoms with Crippen LogP contribution in [0.2, 0.25) is 0 Å². The summed E-state index contributed by atoms with van der Waals surface area (Å²) in [5.74, 6) is -0.589. The minimum Gasteiger partial charge on any atom is -0.492 e. The van der Waals surface area contributed by atoms with Crippen molar-refractivity contribution in [1.29, 1.82) is 0 Å². The van der Waals surface area contributed by atoms with Crippen LogP contribution >= 0.6 is 31.9 Å². The van der Waals surface area contributed by atoms with Crippen molar-refractivity contribution in [1.82, 2.24) is 0 Å². The minimum atomic E-state index is -0.623. The summed E-state index contributed by atoms with van der Waals surface area (Å²) in [6.45, 7) is 2.62. The molecule has 0 aliphatic carbocycles. The molecule has 0 aromatic heterocycles. The SMILES string of the molecule is CCOc1c(Br)cc(Br)cc1CNc1c(F)cccc1F. The van der Waals surface area contributed by atoms with Gasteiger partial charge in [-0.15, -0.1) is 0 Å². The Bertz CT molecular complexity index is 630. The Balaban J connectivity index is 2.27. The molecule has 0 amide bonds. The molecule has 0 atom stereocenters. The van der Waals surface area contributed by atoms with Gasteiger partial charge in [0, 0.05) is 16.6 Å². The van der Waals surface area contributed by atoms with Gasteiger partial charge < -0.3 is 10.1 Å². The highest BCUT2D eigenvalue weighted by atomic mass is 79.9. The molecule has 2 aromatic rings. The van der Waals surface area contributed by atoms with Gasteiger partial charge in [0.1, 0.15) is 23.1 Å². The number of ether oxygens (including phenoxy) is 1. The average molecular weight is 421 g/mol. The Kier molecular flexibility index (Phi) is 5.58. The van der Waals surface area contributed by atoms with E-state index in [1.54, 1.807) is 0 Å². The van der Waals surface area contributed by atoms with Crippen LogP contribution in [0.3, 0.4) is 0 Å². The van der Waals surface area contributed by atoms with Gasteiger partial charge in [0.05, 0.1) is 11.1 Å². The second-order valence-corrected chi connectivity index (χ2v) is 6.03. The van der Waals surface area contributed by atoms with Gasteiger partial charge in [0.25, 0.3) is 0 Å². The molecule has 2 rings (SSSR count). The third-order valence-electron chi connectivity index (χ3n) is 2.79. The van der Waals surface area contributed by atoms with Crippen LogP contribution in [-0.2, 0) is 6.54 Å². The van der Waals surface area contributed by atoms with E-state index in [0.717, 1.165) is 14.5 Å². The Labute approximate surface area is 138 Å². The second kappa shape index (κ2) is 7.22. The quantitative estimate of drug-likeness (QED) is 0.689. The van der Waals surface area contributed by atoms with Crippen molar-refractivity contribution in [2.75, 3.05) is 11.9 Å². The summed E-state index contributed by atoms with van der Waals surface area (Å²) in [4.78, 5) is 0. The molecule has 0 aliphatic heterocycles. The average Bonchev–Trinajstić information content (AvgIpc) is 2.42. The van der Waals surface area contributed by atoms with Crippen LogP contribution in [0.5, 0.6) is 5.75 Å². The maximum absolute atomic E-state index is 13.6. The monoisotopic (exact) mass is 419 g/mol. The Morgan fingerprint density at radius 2 is 1.81 bits per heavy atom. The summed E-state index contributed by atoms with van der Waals surface area (Å²) in [5, 5.41) is 2.78. The third-order valence-corrected chi connectivity index (χ3v) is 3.84. The molecule has 0 radical (unpaired) electrons. The summed E-state index contributed by atoms with van der Waals surface area (Å²) >= 11 is 6.82. The van der Waals surface area contributed by atoms with Crippen LogP contribution < -0.4 is 10.1 Å². The first-order chi connectivity index (χ1) is 10.0. The van der Waals surface area contributed by atoms with Crippen molar-refractivity contribution in [3.63, 3.8) is 0 Å². The van der Waals surface area contributed by atoms with Crippen molar-refractivity contribution in [3.8, 4) is 5.75 Å². The van der Waals surface area contributed by atoms with Crippen molar-refractivity contribution >= 4 is 37.5 Å².